The third-order valence-electron chi connectivity index (χ3n) is 4.99. The highest BCUT2D eigenvalue weighted by molar-refractivity contribution is 5.83. The lowest BCUT2D eigenvalue weighted by atomic mass is 10.1. The van der Waals surface area contributed by atoms with Crippen LogP contribution < -0.4 is 19.6 Å². The van der Waals surface area contributed by atoms with Crippen molar-refractivity contribution in [2.75, 3.05) is 46.3 Å². The summed E-state index contributed by atoms with van der Waals surface area (Å²) < 4.78 is 0. The van der Waals surface area contributed by atoms with Gasteiger partial charge in [0.05, 0.1) is 49.4 Å². The van der Waals surface area contributed by atoms with E-state index < -0.39 is 0 Å². The zero-order chi connectivity index (χ0) is 14.8. The molecule has 4 heteroatoms. The number of aryl methyl sites for hydroxylation is 2. The fourth-order valence-electron chi connectivity index (χ4n) is 3.92. The lowest BCUT2D eigenvalue weighted by Gasteiger charge is -2.33. The average Bonchev–Trinajstić information content (AvgIpc) is 2.84. The van der Waals surface area contributed by atoms with Crippen molar-refractivity contribution < 1.29 is 0 Å². The van der Waals surface area contributed by atoms with E-state index >= 15 is 0 Å². The van der Waals surface area contributed by atoms with Gasteiger partial charge in [-0.1, -0.05) is 12.1 Å². The Bertz CT molecular complexity index is 706. The fraction of sp³-hybridized carbons (Fsp3) is 0.333. The summed E-state index contributed by atoms with van der Waals surface area (Å²) in [5.41, 5.74) is 8.13. The molecule has 112 valence electrons. The molecule has 6 rings (SSSR count). The highest BCUT2D eigenvalue weighted by atomic mass is 15.5. The molecule has 2 aromatic rings. The van der Waals surface area contributed by atoms with Crippen LogP contribution in [0.2, 0.25) is 0 Å². The third-order valence-corrected chi connectivity index (χ3v) is 4.99. The van der Waals surface area contributed by atoms with Gasteiger partial charge in [0, 0.05) is 0 Å². The van der Waals surface area contributed by atoms with Gasteiger partial charge in [0.2, 0.25) is 0 Å². The van der Waals surface area contributed by atoms with Gasteiger partial charge in [0.25, 0.3) is 0 Å². The molecule has 4 nitrogen and oxygen atoms in total. The molecule has 0 aliphatic carbocycles. The van der Waals surface area contributed by atoms with E-state index in [1.165, 1.54) is 33.9 Å². The predicted molar refractivity (Wildman–Crippen MR) is 91.7 cm³/mol. The SMILES string of the molecule is Cc1ccc2c(c1)N1CN3CN2CN(C1)c1cc(C)ccc13. The Morgan fingerprint density at radius 2 is 0.909 bits per heavy atom. The van der Waals surface area contributed by atoms with Crippen LogP contribution in [0.3, 0.4) is 0 Å². The van der Waals surface area contributed by atoms with Gasteiger partial charge in [-0.05, 0) is 49.2 Å². The first-order valence-corrected chi connectivity index (χ1v) is 7.90. The Hall–Kier alpha value is -2.36. The lowest BCUT2D eigenvalue weighted by Crippen LogP contribution is -2.48. The summed E-state index contributed by atoms with van der Waals surface area (Å²) in [6, 6.07) is 13.7. The molecule has 0 spiro atoms. The molecule has 0 saturated heterocycles. The van der Waals surface area contributed by atoms with Gasteiger partial charge in [0.1, 0.15) is 0 Å². The van der Waals surface area contributed by atoms with E-state index in [0.717, 1.165) is 26.7 Å². The molecular formula is C18H20N4. The minimum absolute atomic E-state index is 0.957. The Labute approximate surface area is 131 Å². The van der Waals surface area contributed by atoms with Crippen LogP contribution in [-0.4, -0.2) is 26.7 Å². The van der Waals surface area contributed by atoms with Gasteiger partial charge in [0.15, 0.2) is 0 Å². The van der Waals surface area contributed by atoms with Crippen LogP contribution in [0.1, 0.15) is 11.1 Å². The summed E-state index contributed by atoms with van der Waals surface area (Å²) in [7, 11) is 0. The first kappa shape index (κ1) is 12.2. The van der Waals surface area contributed by atoms with E-state index in [4.69, 9.17) is 0 Å². The zero-order valence-corrected chi connectivity index (χ0v) is 13.1. The van der Waals surface area contributed by atoms with Gasteiger partial charge in [-0.2, -0.15) is 0 Å². The summed E-state index contributed by atoms with van der Waals surface area (Å²) in [5, 5.41) is 0. The second-order valence-electron chi connectivity index (χ2n) is 6.71. The average molecular weight is 292 g/mol. The maximum atomic E-state index is 2.50. The normalized spacial score (nSPS) is 18.3. The molecule has 4 bridgehead atoms. The second kappa shape index (κ2) is 4.09. The summed E-state index contributed by atoms with van der Waals surface area (Å²) in [6.07, 6.45) is 0. The van der Waals surface area contributed by atoms with Crippen LogP contribution in [0.15, 0.2) is 36.4 Å². The molecule has 4 heterocycles. The first-order valence-electron chi connectivity index (χ1n) is 7.90. The van der Waals surface area contributed by atoms with Gasteiger partial charge < -0.3 is 19.6 Å². The Morgan fingerprint density at radius 3 is 1.32 bits per heavy atom. The van der Waals surface area contributed by atoms with Gasteiger partial charge in [-0.3, -0.25) is 0 Å². The van der Waals surface area contributed by atoms with Crippen molar-refractivity contribution in [1.82, 2.24) is 0 Å². The molecule has 2 aromatic carbocycles. The first-order chi connectivity index (χ1) is 10.7. The van der Waals surface area contributed by atoms with Crippen molar-refractivity contribution >= 4 is 22.7 Å². The van der Waals surface area contributed by atoms with Gasteiger partial charge in [-0.25, -0.2) is 0 Å². The van der Waals surface area contributed by atoms with Crippen LogP contribution in [0.5, 0.6) is 0 Å². The van der Waals surface area contributed by atoms with Crippen molar-refractivity contribution in [3.05, 3.63) is 47.5 Å². The van der Waals surface area contributed by atoms with Crippen LogP contribution in [0.4, 0.5) is 22.7 Å². The molecule has 0 unspecified atom stereocenters. The molecule has 4 aliphatic heterocycles. The molecule has 0 N–H and O–H groups in total. The number of anilines is 4. The van der Waals surface area contributed by atoms with Crippen molar-refractivity contribution in [2.24, 2.45) is 0 Å². The van der Waals surface area contributed by atoms with E-state index in [1.807, 2.05) is 0 Å². The van der Waals surface area contributed by atoms with E-state index in [0.29, 0.717) is 0 Å². The van der Waals surface area contributed by atoms with Crippen LogP contribution >= 0.6 is 0 Å². The molecule has 0 aromatic heterocycles. The van der Waals surface area contributed by atoms with E-state index in [9.17, 15) is 0 Å². The molecule has 4 aliphatic rings. The van der Waals surface area contributed by atoms with Crippen LogP contribution in [0, 0.1) is 13.8 Å². The Morgan fingerprint density at radius 1 is 0.545 bits per heavy atom. The summed E-state index contributed by atoms with van der Waals surface area (Å²) in [4.78, 5) is 10.0. The zero-order valence-electron chi connectivity index (χ0n) is 13.1. The summed E-state index contributed by atoms with van der Waals surface area (Å²) in [6.45, 7) is 8.19. The Kier molecular flexibility index (Phi) is 2.27. The maximum Gasteiger partial charge on any atom is 0.0939 e. The molecule has 0 radical (unpaired) electrons. The highest BCUT2D eigenvalue weighted by Crippen LogP contribution is 2.43. The quantitative estimate of drug-likeness (QED) is 0.739. The van der Waals surface area contributed by atoms with Gasteiger partial charge in [-0.15, -0.1) is 0 Å². The van der Waals surface area contributed by atoms with Crippen molar-refractivity contribution in [3.8, 4) is 0 Å². The minimum atomic E-state index is 0.957. The third kappa shape index (κ3) is 1.58. The minimum Gasteiger partial charge on any atom is -0.334 e. The molecule has 0 amide bonds. The van der Waals surface area contributed by atoms with E-state index in [2.05, 4.69) is 69.8 Å². The fourth-order valence-corrected chi connectivity index (χ4v) is 3.92. The Balaban J connectivity index is 1.72. The number of hydrogen-bond donors (Lipinski definition) is 0. The number of nitrogens with zero attached hydrogens (tertiary/aromatic N) is 4. The van der Waals surface area contributed by atoms with Crippen molar-refractivity contribution in [2.45, 2.75) is 13.8 Å². The van der Waals surface area contributed by atoms with Crippen LogP contribution in [-0.2, 0) is 0 Å². The second-order valence-corrected chi connectivity index (χ2v) is 6.71. The smallest absolute Gasteiger partial charge is 0.0939 e. The largest absolute Gasteiger partial charge is 0.334 e. The number of rotatable bonds is 0. The number of hydrogen-bond acceptors (Lipinski definition) is 4. The van der Waals surface area contributed by atoms with Crippen molar-refractivity contribution in [1.29, 1.82) is 0 Å². The maximum absolute atomic E-state index is 2.50. The highest BCUT2D eigenvalue weighted by Gasteiger charge is 2.36. The predicted octanol–water partition coefficient (Wildman–Crippen LogP) is 3.10. The molecule has 22 heavy (non-hydrogen) atoms. The summed E-state index contributed by atoms with van der Waals surface area (Å²) >= 11 is 0. The molecule has 0 saturated carbocycles. The molecule has 0 fully saturated rings. The summed E-state index contributed by atoms with van der Waals surface area (Å²) in [5.74, 6) is 0. The lowest BCUT2D eigenvalue weighted by molar-refractivity contribution is 0.659. The molecular weight excluding hydrogens is 272 g/mol. The van der Waals surface area contributed by atoms with E-state index in [-0.39, 0.29) is 0 Å². The standard InChI is InChI=1S/C18H20N4/c1-13-3-5-15-17(7-13)21-10-20-9-19(15)11-22(12-21)18-8-14(2)4-6-16(18)20/h3-8H,9-12H2,1-2H3. The monoisotopic (exact) mass is 292 g/mol. The van der Waals surface area contributed by atoms with Crippen molar-refractivity contribution in [3.63, 3.8) is 0 Å². The molecule has 0 atom stereocenters. The van der Waals surface area contributed by atoms with E-state index in [1.54, 1.807) is 0 Å². The topological polar surface area (TPSA) is 13.0 Å². The van der Waals surface area contributed by atoms with Crippen LogP contribution in [0.25, 0.3) is 0 Å². The number of benzene rings is 2. The van der Waals surface area contributed by atoms with Gasteiger partial charge >= 0.3 is 0 Å².